The zero-order valence-electron chi connectivity index (χ0n) is 11.2. The van der Waals surface area contributed by atoms with E-state index in [2.05, 4.69) is 32.6 Å². The van der Waals surface area contributed by atoms with Crippen LogP contribution < -0.4 is 10.6 Å². The highest BCUT2D eigenvalue weighted by atomic mass is 79.9. The number of nitrogens with one attached hydrogen (secondary N) is 2. The first-order valence-corrected chi connectivity index (χ1v) is 7.89. The van der Waals surface area contributed by atoms with Crippen LogP contribution in [0, 0.1) is 0 Å². The summed E-state index contributed by atoms with van der Waals surface area (Å²) in [6.07, 6.45) is 0.942. The smallest absolute Gasteiger partial charge is 0.246 e. The van der Waals surface area contributed by atoms with E-state index >= 15 is 0 Å². The highest BCUT2D eigenvalue weighted by molar-refractivity contribution is 9.10. The Morgan fingerprint density at radius 2 is 2.10 bits per heavy atom. The third kappa shape index (κ3) is 3.12. The van der Waals surface area contributed by atoms with Crippen molar-refractivity contribution in [3.63, 3.8) is 0 Å². The van der Waals surface area contributed by atoms with Crippen LogP contribution in [0.1, 0.15) is 17.2 Å². The van der Waals surface area contributed by atoms with Gasteiger partial charge in [0.1, 0.15) is 6.04 Å². The Morgan fingerprint density at radius 1 is 1.29 bits per heavy atom. The highest BCUT2D eigenvalue weighted by Gasteiger charge is 2.26. The molecule has 0 saturated carbocycles. The molecule has 0 aromatic heterocycles. The summed E-state index contributed by atoms with van der Waals surface area (Å²) in [4.78, 5) is 12.5. The molecule has 0 radical (unpaired) electrons. The number of amides is 1. The van der Waals surface area contributed by atoms with Crippen LogP contribution in [0.4, 0.5) is 5.69 Å². The summed E-state index contributed by atoms with van der Waals surface area (Å²) in [5.74, 6) is -0.0952. The number of hydrogen-bond donors (Lipinski definition) is 2. The number of fused-ring (bicyclic) bond motifs is 1. The number of carbonyl (C=O) groups excluding carboxylic acids is 1. The fourth-order valence-corrected chi connectivity index (χ4v) is 3.06. The lowest BCUT2D eigenvalue weighted by atomic mass is 9.94. The topological polar surface area (TPSA) is 41.1 Å². The van der Waals surface area contributed by atoms with Crippen molar-refractivity contribution >= 4 is 39.1 Å². The zero-order chi connectivity index (χ0) is 14.8. The second kappa shape index (κ2) is 6.18. The molecule has 1 amide bonds. The van der Waals surface area contributed by atoms with Crippen LogP contribution in [0.5, 0.6) is 0 Å². The number of hydrogen-bond acceptors (Lipinski definition) is 2. The Balaban J connectivity index is 1.85. The van der Waals surface area contributed by atoms with E-state index in [1.165, 1.54) is 5.56 Å². The van der Waals surface area contributed by atoms with E-state index in [1.54, 1.807) is 12.1 Å². The zero-order valence-corrected chi connectivity index (χ0v) is 13.5. The van der Waals surface area contributed by atoms with Gasteiger partial charge in [-0.1, -0.05) is 51.8 Å². The molecule has 3 rings (SSSR count). The monoisotopic (exact) mass is 364 g/mol. The van der Waals surface area contributed by atoms with Gasteiger partial charge in [0.2, 0.25) is 5.91 Å². The number of rotatable bonds is 2. The predicted molar refractivity (Wildman–Crippen MR) is 88.7 cm³/mol. The number of benzene rings is 2. The Labute approximate surface area is 136 Å². The summed E-state index contributed by atoms with van der Waals surface area (Å²) in [5, 5.41) is 6.68. The molecule has 0 bridgehead atoms. The lowest BCUT2D eigenvalue weighted by Gasteiger charge is -2.26. The van der Waals surface area contributed by atoms with Gasteiger partial charge in [0.05, 0.1) is 10.7 Å². The van der Waals surface area contributed by atoms with Crippen LogP contribution in [0.15, 0.2) is 46.9 Å². The minimum Gasteiger partial charge on any atom is -0.323 e. The van der Waals surface area contributed by atoms with Crippen LogP contribution in [-0.2, 0) is 11.2 Å². The first-order chi connectivity index (χ1) is 10.1. The first-order valence-electron chi connectivity index (χ1n) is 6.72. The van der Waals surface area contributed by atoms with E-state index in [0.717, 1.165) is 23.0 Å². The minimum atomic E-state index is -0.343. The van der Waals surface area contributed by atoms with E-state index in [0.29, 0.717) is 10.7 Å². The third-order valence-electron chi connectivity index (χ3n) is 3.56. The van der Waals surface area contributed by atoms with E-state index in [9.17, 15) is 4.79 Å². The van der Waals surface area contributed by atoms with Gasteiger partial charge in [0, 0.05) is 11.0 Å². The first kappa shape index (κ1) is 14.6. The van der Waals surface area contributed by atoms with Gasteiger partial charge in [-0.15, -0.1) is 0 Å². The van der Waals surface area contributed by atoms with Crippen molar-refractivity contribution in [3.8, 4) is 0 Å². The van der Waals surface area contributed by atoms with Gasteiger partial charge in [-0.3, -0.25) is 4.79 Å². The Kier molecular flexibility index (Phi) is 4.29. The molecule has 0 fully saturated rings. The molecule has 2 N–H and O–H groups in total. The fourth-order valence-electron chi connectivity index (χ4n) is 2.54. The molecular formula is C16H14BrClN2O. The van der Waals surface area contributed by atoms with E-state index in [4.69, 9.17) is 11.6 Å². The molecule has 0 spiro atoms. The van der Waals surface area contributed by atoms with Crippen LogP contribution in [-0.4, -0.2) is 12.5 Å². The summed E-state index contributed by atoms with van der Waals surface area (Å²) in [5.41, 5.74) is 2.87. The second-order valence-electron chi connectivity index (χ2n) is 4.95. The van der Waals surface area contributed by atoms with Gasteiger partial charge in [-0.2, -0.15) is 0 Å². The Morgan fingerprint density at radius 3 is 2.95 bits per heavy atom. The summed E-state index contributed by atoms with van der Waals surface area (Å²) >= 11 is 9.51. The van der Waals surface area contributed by atoms with Crippen molar-refractivity contribution in [2.24, 2.45) is 0 Å². The third-order valence-corrected chi connectivity index (χ3v) is 4.38. The molecule has 2 aromatic carbocycles. The molecule has 21 heavy (non-hydrogen) atoms. The van der Waals surface area contributed by atoms with Crippen LogP contribution in [0.2, 0.25) is 5.02 Å². The maximum absolute atomic E-state index is 12.5. The molecule has 1 unspecified atom stereocenters. The lowest BCUT2D eigenvalue weighted by Crippen LogP contribution is -2.38. The van der Waals surface area contributed by atoms with Crippen molar-refractivity contribution in [3.05, 3.63) is 63.1 Å². The van der Waals surface area contributed by atoms with Crippen molar-refractivity contribution in [2.45, 2.75) is 12.5 Å². The molecule has 0 aliphatic carbocycles. The van der Waals surface area contributed by atoms with Crippen LogP contribution in [0.3, 0.4) is 0 Å². The Bertz CT molecular complexity index is 690. The highest BCUT2D eigenvalue weighted by Crippen LogP contribution is 2.28. The van der Waals surface area contributed by atoms with Gasteiger partial charge in [-0.25, -0.2) is 0 Å². The standard InChI is InChI=1S/C16H14BrClN2O/c17-11-5-6-13(18)14(9-11)20-16(21)15-12-4-2-1-3-10(12)7-8-19-15/h1-6,9,15,19H,7-8H2,(H,20,21). The largest absolute Gasteiger partial charge is 0.323 e. The predicted octanol–water partition coefficient (Wildman–Crippen LogP) is 3.93. The van der Waals surface area contributed by atoms with E-state index in [-0.39, 0.29) is 11.9 Å². The van der Waals surface area contributed by atoms with Gasteiger partial charge >= 0.3 is 0 Å². The lowest BCUT2D eigenvalue weighted by molar-refractivity contribution is -0.118. The van der Waals surface area contributed by atoms with Gasteiger partial charge < -0.3 is 10.6 Å². The maximum Gasteiger partial charge on any atom is 0.246 e. The van der Waals surface area contributed by atoms with Crippen molar-refractivity contribution in [2.75, 3.05) is 11.9 Å². The van der Waals surface area contributed by atoms with Gasteiger partial charge in [0.25, 0.3) is 0 Å². The molecule has 1 aliphatic heterocycles. The molecule has 5 heteroatoms. The molecule has 108 valence electrons. The number of halogens is 2. The molecule has 1 heterocycles. The molecule has 3 nitrogen and oxygen atoms in total. The van der Waals surface area contributed by atoms with E-state index in [1.807, 2.05) is 24.3 Å². The summed E-state index contributed by atoms with van der Waals surface area (Å²) in [6, 6.07) is 13.1. The van der Waals surface area contributed by atoms with Crippen molar-refractivity contribution in [1.29, 1.82) is 0 Å². The normalized spacial score (nSPS) is 17.1. The molecule has 2 aromatic rings. The summed E-state index contributed by atoms with van der Waals surface area (Å²) < 4.78 is 0.874. The minimum absolute atomic E-state index is 0.0952. The average Bonchev–Trinajstić information content (AvgIpc) is 2.50. The van der Waals surface area contributed by atoms with Gasteiger partial charge in [-0.05, 0) is 35.7 Å². The quantitative estimate of drug-likeness (QED) is 0.846. The SMILES string of the molecule is O=C(Nc1cc(Br)ccc1Cl)C1NCCc2ccccc21. The van der Waals surface area contributed by atoms with Gasteiger partial charge in [0.15, 0.2) is 0 Å². The number of carbonyl (C=O) groups is 1. The molecular weight excluding hydrogens is 352 g/mol. The van der Waals surface area contributed by atoms with Crippen LogP contribution in [0.25, 0.3) is 0 Å². The summed E-state index contributed by atoms with van der Waals surface area (Å²) in [7, 11) is 0. The second-order valence-corrected chi connectivity index (χ2v) is 6.27. The fraction of sp³-hybridized carbons (Fsp3) is 0.188. The van der Waals surface area contributed by atoms with Crippen molar-refractivity contribution < 1.29 is 4.79 Å². The Hall–Kier alpha value is -1.36. The van der Waals surface area contributed by atoms with Crippen molar-refractivity contribution in [1.82, 2.24) is 5.32 Å². The number of anilines is 1. The van der Waals surface area contributed by atoms with Crippen LogP contribution >= 0.6 is 27.5 Å². The molecule has 1 atom stereocenters. The summed E-state index contributed by atoms with van der Waals surface area (Å²) in [6.45, 7) is 0.793. The molecule has 1 aliphatic rings. The van der Waals surface area contributed by atoms with E-state index < -0.39 is 0 Å². The molecule has 0 saturated heterocycles. The maximum atomic E-state index is 12.5. The average molecular weight is 366 g/mol.